The van der Waals surface area contributed by atoms with Gasteiger partial charge in [-0.15, -0.1) is 0 Å². The molecule has 0 amide bonds. The minimum absolute atomic E-state index is 0.119. The van der Waals surface area contributed by atoms with E-state index in [0.717, 1.165) is 0 Å². The third-order valence-electron chi connectivity index (χ3n) is 1.65. The molecule has 0 spiro atoms. The summed E-state index contributed by atoms with van der Waals surface area (Å²) in [6.45, 7) is 0.130. The van der Waals surface area contributed by atoms with Crippen molar-refractivity contribution < 1.29 is 14.3 Å². The van der Waals surface area contributed by atoms with Crippen LogP contribution in [0.25, 0.3) is 0 Å². The first kappa shape index (κ1) is 10.2. The van der Waals surface area contributed by atoms with Gasteiger partial charge >= 0.3 is 0 Å². The van der Waals surface area contributed by atoms with Crippen molar-refractivity contribution in [1.82, 2.24) is 0 Å². The van der Waals surface area contributed by atoms with Crippen LogP contribution >= 0.6 is 11.6 Å². The lowest BCUT2D eigenvalue weighted by Crippen LogP contribution is -2.05. The number of benzene rings is 1. The first-order chi connectivity index (χ1) is 6.16. The number of phenols is 1. The normalized spacial score (nSPS) is 10.4. The Labute approximate surface area is 79.8 Å². The molecule has 0 fully saturated rings. The maximum Gasteiger partial charge on any atom is 0.140 e. The van der Waals surface area contributed by atoms with Crippen LogP contribution in [0.5, 0.6) is 5.75 Å². The highest BCUT2D eigenvalue weighted by molar-refractivity contribution is 6.32. The smallest absolute Gasteiger partial charge is 0.140 e. The van der Waals surface area contributed by atoms with Gasteiger partial charge in [-0.05, 0) is 12.1 Å². The standard InChI is InChI=1S/C8H9ClFNO2/c9-6-1-2-7(10)5(8(6)12)3-4-13-11/h1-2,12H,3-4,11H2. The van der Waals surface area contributed by atoms with E-state index in [4.69, 9.17) is 17.5 Å². The van der Waals surface area contributed by atoms with Crippen molar-refractivity contribution in [2.75, 3.05) is 6.61 Å². The number of hydrogen-bond acceptors (Lipinski definition) is 3. The van der Waals surface area contributed by atoms with Gasteiger partial charge < -0.3 is 9.94 Å². The van der Waals surface area contributed by atoms with E-state index >= 15 is 0 Å². The van der Waals surface area contributed by atoms with Gasteiger partial charge in [-0.3, -0.25) is 0 Å². The second kappa shape index (κ2) is 4.41. The highest BCUT2D eigenvalue weighted by Crippen LogP contribution is 2.29. The van der Waals surface area contributed by atoms with Gasteiger partial charge in [-0.1, -0.05) is 11.6 Å². The predicted octanol–water partition coefficient (Wildman–Crippen LogP) is 1.62. The summed E-state index contributed by atoms with van der Waals surface area (Å²) in [6.07, 6.45) is 0.189. The number of rotatable bonds is 3. The molecule has 3 N–H and O–H groups in total. The highest BCUT2D eigenvalue weighted by Gasteiger charge is 2.10. The van der Waals surface area contributed by atoms with Crippen molar-refractivity contribution in [3.63, 3.8) is 0 Å². The fourth-order valence-electron chi connectivity index (χ4n) is 0.982. The van der Waals surface area contributed by atoms with Gasteiger partial charge in [0, 0.05) is 12.0 Å². The van der Waals surface area contributed by atoms with Crippen LogP contribution < -0.4 is 5.90 Å². The molecule has 0 saturated carbocycles. The molecule has 0 aromatic heterocycles. The van der Waals surface area contributed by atoms with E-state index in [2.05, 4.69) is 4.84 Å². The van der Waals surface area contributed by atoms with Crippen LogP contribution in [0.3, 0.4) is 0 Å². The van der Waals surface area contributed by atoms with Gasteiger partial charge in [0.15, 0.2) is 0 Å². The largest absolute Gasteiger partial charge is 0.506 e. The number of nitrogens with two attached hydrogens (primary N) is 1. The minimum Gasteiger partial charge on any atom is -0.506 e. The topological polar surface area (TPSA) is 55.5 Å². The first-order valence-corrected chi connectivity index (χ1v) is 4.02. The lowest BCUT2D eigenvalue weighted by Gasteiger charge is -2.06. The zero-order valence-corrected chi connectivity index (χ0v) is 7.51. The lowest BCUT2D eigenvalue weighted by atomic mass is 10.1. The number of halogens is 2. The summed E-state index contributed by atoms with van der Waals surface area (Å²) in [5, 5.41) is 9.46. The van der Waals surface area contributed by atoms with E-state index in [0.29, 0.717) is 0 Å². The molecule has 0 radical (unpaired) electrons. The summed E-state index contributed by atoms with van der Waals surface area (Å²) in [7, 11) is 0. The highest BCUT2D eigenvalue weighted by atomic mass is 35.5. The van der Waals surface area contributed by atoms with Crippen LogP contribution in [0, 0.1) is 5.82 Å². The van der Waals surface area contributed by atoms with Crippen molar-refractivity contribution in [3.05, 3.63) is 28.5 Å². The molecule has 0 bridgehead atoms. The zero-order chi connectivity index (χ0) is 9.84. The summed E-state index contributed by atoms with van der Waals surface area (Å²) in [6, 6.07) is 2.48. The first-order valence-electron chi connectivity index (χ1n) is 3.64. The Balaban J connectivity index is 2.96. The second-order valence-corrected chi connectivity index (χ2v) is 2.88. The van der Waals surface area contributed by atoms with E-state index in [1.54, 1.807) is 0 Å². The average molecular weight is 206 g/mol. The molecular weight excluding hydrogens is 197 g/mol. The molecule has 13 heavy (non-hydrogen) atoms. The quantitative estimate of drug-likeness (QED) is 0.738. The van der Waals surface area contributed by atoms with Gasteiger partial charge in [0.05, 0.1) is 11.6 Å². The summed E-state index contributed by atoms with van der Waals surface area (Å²) in [5.41, 5.74) is 0.123. The average Bonchev–Trinajstić information content (AvgIpc) is 2.12. The molecule has 3 nitrogen and oxygen atoms in total. The van der Waals surface area contributed by atoms with E-state index in [9.17, 15) is 9.50 Å². The molecule has 0 heterocycles. The maximum atomic E-state index is 13.0. The fourth-order valence-corrected chi connectivity index (χ4v) is 1.16. The van der Waals surface area contributed by atoms with Gasteiger partial charge in [0.25, 0.3) is 0 Å². The summed E-state index contributed by atoms with van der Waals surface area (Å²) in [4.78, 5) is 4.27. The van der Waals surface area contributed by atoms with Crippen molar-refractivity contribution in [1.29, 1.82) is 0 Å². The van der Waals surface area contributed by atoms with E-state index in [1.165, 1.54) is 12.1 Å². The third-order valence-corrected chi connectivity index (χ3v) is 1.95. The Bertz CT molecular complexity index is 306. The fraction of sp³-hybridized carbons (Fsp3) is 0.250. The molecule has 1 aromatic rings. The second-order valence-electron chi connectivity index (χ2n) is 2.48. The van der Waals surface area contributed by atoms with Crippen LogP contribution in [0.4, 0.5) is 4.39 Å². The Morgan fingerprint density at radius 3 is 2.85 bits per heavy atom. The lowest BCUT2D eigenvalue weighted by molar-refractivity contribution is 0.140. The van der Waals surface area contributed by atoms with E-state index < -0.39 is 5.82 Å². The molecule has 0 aliphatic heterocycles. The molecule has 0 unspecified atom stereocenters. The molecule has 0 aliphatic rings. The molecule has 0 atom stereocenters. The molecule has 0 aliphatic carbocycles. The number of aromatic hydroxyl groups is 1. The number of phenolic OH excluding ortho intramolecular Hbond substituents is 1. The predicted molar refractivity (Wildman–Crippen MR) is 46.9 cm³/mol. The molecule has 1 rings (SSSR count). The van der Waals surface area contributed by atoms with Gasteiger partial charge in [0.2, 0.25) is 0 Å². The van der Waals surface area contributed by atoms with Crippen LogP contribution in [0.1, 0.15) is 5.56 Å². The van der Waals surface area contributed by atoms with Crippen molar-refractivity contribution in [3.8, 4) is 5.75 Å². The van der Waals surface area contributed by atoms with Gasteiger partial charge in [-0.25, -0.2) is 10.3 Å². The zero-order valence-electron chi connectivity index (χ0n) is 6.76. The number of hydrogen-bond donors (Lipinski definition) is 2. The third kappa shape index (κ3) is 2.30. The molecule has 5 heteroatoms. The Hall–Kier alpha value is -0.840. The van der Waals surface area contributed by atoms with Gasteiger partial charge in [-0.2, -0.15) is 0 Å². The van der Waals surface area contributed by atoms with E-state index in [-0.39, 0.29) is 29.4 Å². The van der Waals surface area contributed by atoms with Crippen molar-refractivity contribution in [2.45, 2.75) is 6.42 Å². The summed E-state index contributed by atoms with van der Waals surface area (Å²) >= 11 is 5.58. The Morgan fingerprint density at radius 2 is 2.23 bits per heavy atom. The van der Waals surface area contributed by atoms with Crippen LogP contribution in [-0.2, 0) is 11.3 Å². The summed E-state index contributed by atoms with van der Waals surface area (Å²) < 4.78 is 13.0. The van der Waals surface area contributed by atoms with Crippen LogP contribution in [0.2, 0.25) is 5.02 Å². The minimum atomic E-state index is -0.515. The Kier molecular flexibility index (Phi) is 3.48. The molecule has 0 saturated heterocycles. The Morgan fingerprint density at radius 1 is 1.54 bits per heavy atom. The molecule has 72 valence electrons. The molecular formula is C8H9ClFNO2. The van der Waals surface area contributed by atoms with E-state index in [1.807, 2.05) is 0 Å². The monoisotopic (exact) mass is 205 g/mol. The molecule has 1 aromatic carbocycles. The van der Waals surface area contributed by atoms with Crippen LogP contribution in [-0.4, -0.2) is 11.7 Å². The van der Waals surface area contributed by atoms with Crippen molar-refractivity contribution in [2.24, 2.45) is 5.90 Å². The van der Waals surface area contributed by atoms with Crippen LogP contribution in [0.15, 0.2) is 12.1 Å². The van der Waals surface area contributed by atoms with Crippen molar-refractivity contribution >= 4 is 11.6 Å². The maximum absolute atomic E-state index is 13.0. The SMILES string of the molecule is NOCCc1c(F)ccc(Cl)c1O. The summed E-state index contributed by atoms with van der Waals surface area (Å²) in [5.74, 6) is 4.01. The van der Waals surface area contributed by atoms with Gasteiger partial charge in [0.1, 0.15) is 11.6 Å².